The number of hydrogen-bond donors (Lipinski definition) is 0. The number of rotatable bonds is 11. The summed E-state index contributed by atoms with van der Waals surface area (Å²) in [6.07, 6.45) is 3.79. The lowest BCUT2D eigenvalue weighted by Crippen LogP contribution is -2.47. The van der Waals surface area contributed by atoms with Crippen LogP contribution in [0.25, 0.3) is 0 Å². The van der Waals surface area contributed by atoms with Crippen LogP contribution in [-0.2, 0) is 16.0 Å². The molecule has 0 unspecified atom stereocenters. The number of amides is 2. The third-order valence-corrected chi connectivity index (χ3v) is 6.65. The highest BCUT2D eigenvalue weighted by molar-refractivity contribution is 5.91. The van der Waals surface area contributed by atoms with E-state index in [-0.39, 0.29) is 18.7 Å². The van der Waals surface area contributed by atoms with Gasteiger partial charge in [-0.2, -0.15) is 0 Å². The first-order chi connectivity index (χ1) is 17.9. The first-order valence-electron chi connectivity index (χ1n) is 13.1. The first kappa shape index (κ1) is 28.2. The second kappa shape index (κ2) is 13.8. The maximum Gasteiger partial charge on any atom is 0.414 e. The average Bonchev–Trinajstić information content (AvgIpc) is 2.91. The molecular formula is C29H40N2O6. The summed E-state index contributed by atoms with van der Waals surface area (Å²) in [7, 11) is 3.13. The maximum atomic E-state index is 13.3. The zero-order valence-corrected chi connectivity index (χ0v) is 22.7. The van der Waals surface area contributed by atoms with Crippen molar-refractivity contribution in [1.29, 1.82) is 0 Å². The van der Waals surface area contributed by atoms with Crippen LogP contribution < -0.4 is 14.4 Å². The van der Waals surface area contributed by atoms with Crippen LogP contribution in [0.4, 0.5) is 15.3 Å². The number of benzene rings is 2. The summed E-state index contributed by atoms with van der Waals surface area (Å²) in [5.41, 5.74) is 2.41. The fourth-order valence-corrected chi connectivity index (χ4v) is 4.77. The molecule has 8 heteroatoms. The minimum absolute atomic E-state index is 0.230. The number of carbonyl (C=O) groups excluding carboxylic acids is 2. The molecule has 3 rings (SSSR count). The van der Waals surface area contributed by atoms with E-state index < -0.39 is 12.2 Å². The van der Waals surface area contributed by atoms with Gasteiger partial charge in [0.2, 0.25) is 0 Å². The summed E-state index contributed by atoms with van der Waals surface area (Å²) in [4.78, 5) is 29.9. The number of hydrogen-bond acceptors (Lipinski definition) is 6. The summed E-state index contributed by atoms with van der Waals surface area (Å²) in [6, 6.07) is 12.9. The van der Waals surface area contributed by atoms with Gasteiger partial charge in [0.1, 0.15) is 0 Å². The van der Waals surface area contributed by atoms with Crippen molar-refractivity contribution in [3.63, 3.8) is 0 Å². The van der Waals surface area contributed by atoms with E-state index in [1.54, 1.807) is 37.0 Å². The third-order valence-electron chi connectivity index (χ3n) is 6.65. The van der Waals surface area contributed by atoms with Crippen molar-refractivity contribution < 1.29 is 28.5 Å². The maximum absolute atomic E-state index is 13.3. The molecule has 1 aliphatic rings. The fraction of sp³-hybridized carbons (Fsp3) is 0.517. The van der Waals surface area contributed by atoms with Gasteiger partial charge < -0.3 is 18.9 Å². The van der Waals surface area contributed by atoms with Gasteiger partial charge in [-0.15, -0.1) is 0 Å². The van der Waals surface area contributed by atoms with E-state index >= 15 is 0 Å². The first-order valence-corrected chi connectivity index (χ1v) is 13.1. The van der Waals surface area contributed by atoms with Crippen LogP contribution in [0, 0.1) is 0 Å². The molecule has 0 N–H and O–H groups in total. The van der Waals surface area contributed by atoms with Crippen LogP contribution in [0.5, 0.6) is 11.5 Å². The molecule has 8 nitrogen and oxygen atoms in total. The van der Waals surface area contributed by atoms with Crippen LogP contribution in [0.15, 0.2) is 42.5 Å². The lowest BCUT2D eigenvalue weighted by Gasteiger charge is -2.42. The lowest BCUT2D eigenvalue weighted by atomic mass is 9.90. The predicted molar refractivity (Wildman–Crippen MR) is 143 cm³/mol. The Morgan fingerprint density at radius 1 is 0.973 bits per heavy atom. The van der Waals surface area contributed by atoms with Gasteiger partial charge in [-0.1, -0.05) is 56.5 Å². The predicted octanol–water partition coefficient (Wildman–Crippen LogP) is 6.72. The Morgan fingerprint density at radius 2 is 1.68 bits per heavy atom. The minimum atomic E-state index is -0.406. The standard InChI is InChI=1S/C29H40N2O6/c1-6-8-9-13-16-37-29(33)31-21(3)17-24(23-18-26(34-4)27(35-5)19-25(23)31)30(28(32)36-7-2)20-22-14-11-10-12-15-22/h10-12,14-15,18-19,21,24H,6-9,13,16-17,20H2,1-5H3/t21-,24+/m1/s1. The second-order valence-corrected chi connectivity index (χ2v) is 9.22. The summed E-state index contributed by atoms with van der Waals surface area (Å²) in [6.45, 7) is 6.91. The monoisotopic (exact) mass is 512 g/mol. The smallest absolute Gasteiger partial charge is 0.414 e. The Hall–Kier alpha value is -3.42. The molecule has 0 aliphatic carbocycles. The molecule has 0 bridgehead atoms. The molecule has 0 radical (unpaired) electrons. The molecule has 202 valence electrons. The molecule has 2 atom stereocenters. The van der Waals surface area contributed by atoms with E-state index in [0.29, 0.717) is 36.8 Å². The van der Waals surface area contributed by atoms with Crippen molar-refractivity contribution >= 4 is 17.9 Å². The van der Waals surface area contributed by atoms with Crippen molar-refractivity contribution in [1.82, 2.24) is 4.90 Å². The fourth-order valence-electron chi connectivity index (χ4n) is 4.77. The van der Waals surface area contributed by atoms with Gasteiger partial charge >= 0.3 is 12.2 Å². The number of ether oxygens (including phenoxy) is 4. The van der Waals surface area contributed by atoms with Gasteiger partial charge in [0.05, 0.1) is 39.2 Å². The topological polar surface area (TPSA) is 77.5 Å². The van der Waals surface area contributed by atoms with Crippen molar-refractivity contribution in [2.75, 3.05) is 32.3 Å². The lowest BCUT2D eigenvalue weighted by molar-refractivity contribution is 0.0808. The Labute approximate surface area is 220 Å². The van der Waals surface area contributed by atoms with E-state index in [2.05, 4.69) is 6.92 Å². The average molecular weight is 513 g/mol. The number of carbonyl (C=O) groups is 2. The Kier molecular flexibility index (Phi) is 10.5. The minimum Gasteiger partial charge on any atom is -0.493 e. The van der Waals surface area contributed by atoms with E-state index in [9.17, 15) is 9.59 Å². The highest BCUT2D eigenvalue weighted by Crippen LogP contribution is 2.46. The van der Waals surface area contributed by atoms with Gasteiger partial charge in [0.25, 0.3) is 0 Å². The van der Waals surface area contributed by atoms with Crippen molar-refractivity contribution in [2.45, 2.75) is 71.5 Å². The molecule has 37 heavy (non-hydrogen) atoms. The van der Waals surface area contributed by atoms with Crippen molar-refractivity contribution in [2.24, 2.45) is 0 Å². The molecule has 1 aliphatic heterocycles. The van der Waals surface area contributed by atoms with Crippen LogP contribution in [0.2, 0.25) is 0 Å². The number of anilines is 1. The molecular weight excluding hydrogens is 472 g/mol. The van der Waals surface area contributed by atoms with E-state index in [1.165, 1.54) is 0 Å². The van der Waals surface area contributed by atoms with E-state index in [4.69, 9.17) is 18.9 Å². The molecule has 1 heterocycles. The van der Waals surface area contributed by atoms with Gasteiger partial charge in [-0.3, -0.25) is 9.80 Å². The number of fused-ring (bicyclic) bond motifs is 1. The van der Waals surface area contributed by atoms with Crippen LogP contribution in [-0.4, -0.2) is 50.6 Å². The normalized spacial score (nSPS) is 16.5. The van der Waals surface area contributed by atoms with Gasteiger partial charge in [0, 0.05) is 24.2 Å². The Balaban J connectivity index is 2.01. The van der Waals surface area contributed by atoms with E-state index in [1.807, 2.05) is 43.3 Å². The molecule has 0 spiro atoms. The SMILES string of the molecule is CCCCCCOC(=O)N1c2cc(OC)c(OC)cc2[C@@H](N(Cc2ccccc2)C(=O)OCC)C[C@H]1C. The van der Waals surface area contributed by atoms with Crippen LogP contribution >= 0.6 is 0 Å². The molecule has 0 saturated heterocycles. The van der Waals surface area contributed by atoms with Crippen LogP contribution in [0.3, 0.4) is 0 Å². The summed E-state index contributed by atoms with van der Waals surface area (Å²) >= 11 is 0. The van der Waals surface area contributed by atoms with Gasteiger partial charge in [-0.05, 0) is 38.3 Å². The molecule has 2 amide bonds. The molecule has 0 saturated carbocycles. The Morgan fingerprint density at radius 3 is 2.32 bits per heavy atom. The summed E-state index contributed by atoms with van der Waals surface area (Å²) < 4.78 is 22.3. The highest BCUT2D eigenvalue weighted by atomic mass is 16.6. The van der Waals surface area contributed by atoms with Crippen molar-refractivity contribution in [3.8, 4) is 11.5 Å². The number of methoxy groups -OCH3 is 2. The second-order valence-electron chi connectivity index (χ2n) is 9.22. The highest BCUT2D eigenvalue weighted by Gasteiger charge is 2.40. The third kappa shape index (κ3) is 6.87. The Bertz CT molecular complexity index is 1030. The molecule has 0 fully saturated rings. The molecule has 0 aromatic heterocycles. The summed E-state index contributed by atoms with van der Waals surface area (Å²) in [5, 5.41) is 0. The van der Waals surface area contributed by atoms with Crippen LogP contribution in [0.1, 0.15) is 70.0 Å². The van der Waals surface area contributed by atoms with E-state index in [0.717, 1.165) is 36.8 Å². The summed E-state index contributed by atoms with van der Waals surface area (Å²) in [5.74, 6) is 1.03. The zero-order chi connectivity index (χ0) is 26.8. The van der Waals surface area contributed by atoms with Gasteiger partial charge in [0.15, 0.2) is 11.5 Å². The number of unbranched alkanes of at least 4 members (excludes halogenated alkanes) is 3. The zero-order valence-electron chi connectivity index (χ0n) is 22.7. The quantitative estimate of drug-likeness (QED) is 0.311. The molecule has 2 aromatic carbocycles. The largest absolute Gasteiger partial charge is 0.493 e. The van der Waals surface area contributed by atoms with Gasteiger partial charge in [-0.25, -0.2) is 9.59 Å². The van der Waals surface area contributed by atoms with Crippen molar-refractivity contribution in [3.05, 3.63) is 53.6 Å². The molecule has 2 aromatic rings. The number of nitrogens with zero attached hydrogens (tertiary/aromatic N) is 2.